The molecule has 0 unspecified atom stereocenters. The molecule has 8 nitrogen and oxygen atoms in total. The lowest BCUT2D eigenvalue weighted by molar-refractivity contribution is -0.119. The monoisotopic (exact) mass is 275 g/mol. The van der Waals surface area contributed by atoms with Gasteiger partial charge in [0.25, 0.3) is 0 Å². The predicted octanol–water partition coefficient (Wildman–Crippen LogP) is -1.07. The summed E-state index contributed by atoms with van der Waals surface area (Å²) in [7, 11) is -2.28. The van der Waals surface area contributed by atoms with Crippen LogP contribution in [0.1, 0.15) is 20.3 Å². The third-order valence-corrected chi connectivity index (χ3v) is 3.85. The van der Waals surface area contributed by atoms with Gasteiger partial charge >= 0.3 is 0 Å². The van der Waals surface area contributed by atoms with Crippen LogP contribution in [0, 0.1) is 0 Å². The Morgan fingerprint density at radius 2 is 2.11 bits per heavy atom. The number of nitrogen functional groups attached to an aromatic ring is 1. The van der Waals surface area contributed by atoms with Crippen molar-refractivity contribution in [2.24, 2.45) is 12.8 Å². The van der Waals surface area contributed by atoms with E-state index in [0.717, 1.165) is 0 Å². The molecule has 0 saturated heterocycles. The quantitative estimate of drug-likeness (QED) is 0.629. The normalized spacial score (nSPS) is 12.6. The van der Waals surface area contributed by atoms with Gasteiger partial charge in [-0.15, -0.1) is 0 Å². The van der Waals surface area contributed by atoms with Gasteiger partial charge in [-0.25, -0.2) is 13.1 Å². The lowest BCUT2D eigenvalue weighted by Gasteiger charge is -2.23. The van der Waals surface area contributed by atoms with Crippen molar-refractivity contribution in [2.45, 2.75) is 30.7 Å². The van der Waals surface area contributed by atoms with E-state index in [1.54, 1.807) is 20.9 Å². The summed E-state index contributed by atoms with van der Waals surface area (Å²) in [5, 5.41) is 3.75. The molecule has 0 fully saturated rings. The fraction of sp³-hybridized carbons (Fsp3) is 0.556. The van der Waals surface area contributed by atoms with Crippen molar-refractivity contribution in [1.82, 2.24) is 14.5 Å². The van der Waals surface area contributed by atoms with Crippen molar-refractivity contribution in [3.63, 3.8) is 0 Å². The maximum absolute atomic E-state index is 12.1. The first-order valence-corrected chi connectivity index (χ1v) is 6.63. The van der Waals surface area contributed by atoms with E-state index in [-0.39, 0.29) is 17.1 Å². The molecule has 0 bridgehead atoms. The predicted molar refractivity (Wildman–Crippen MR) is 65.8 cm³/mol. The average molecular weight is 275 g/mol. The highest BCUT2D eigenvalue weighted by Gasteiger charge is 2.30. The van der Waals surface area contributed by atoms with E-state index in [4.69, 9.17) is 11.5 Å². The molecule has 1 heterocycles. The molecule has 0 saturated carbocycles. The Hall–Kier alpha value is -1.61. The summed E-state index contributed by atoms with van der Waals surface area (Å²) in [6, 6.07) is 0. The lowest BCUT2D eigenvalue weighted by atomic mass is 10.0. The number of hydrogen-bond acceptors (Lipinski definition) is 5. The number of nitrogens with one attached hydrogen (secondary N) is 1. The second kappa shape index (κ2) is 4.58. The van der Waals surface area contributed by atoms with Gasteiger partial charge in [-0.2, -0.15) is 5.10 Å². The molecular weight excluding hydrogens is 258 g/mol. The van der Waals surface area contributed by atoms with Crippen LogP contribution in [0.4, 0.5) is 5.82 Å². The maximum Gasteiger partial charge on any atom is 0.246 e. The van der Waals surface area contributed by atoms with Crippen LogP contribution in [0.2, 0.25) is 0 Å². The van der Waals surface area contributed by atoms with Crippen molar-refractivity contribution in [3.8, 4) is 0 Å². The van der Waals surface area contributed by atoms with Gasteiger partial charge in [0.1, 0.15) is 4.90 Å². The van der Waals surface area contributed by atoms with Crippen molar-refractivity contribution in [2.75, 3.05) is 5.73 Å². The molecule has 0 spiro atoms. The van der Waals surface area contributed by atoms with Crippen LogP contribution in [0.5, 0.6) is 0 Å². The van der Waals surface area contributed by atoms with Crippen molar-refractivity contribution >= 4 is 21.7 Å². The number of nitrogens with zero attached hydrogens (tertiary/aromatic N) is 2. The molecule has 1 rings (SSSR count). The molecule has 0 aliphatic rings. The van der Waals surface area contributed by atoms with E-state index >= 15 is 0 Å². The number of carbonyl (C=O) groups excluding carboxylic acids is 1. The first-order valence-electron chi connectivity index (χ1n) is 5.15. The van der Waals surface area contributed by atoms with Gasteiger partial charge < -0.3 is 11.5 Å². The van der Waals surface area contributed by atoms with Gasteiger partial charge in [0.05, 0.1) is 0 Å². The van der Waals surface area contributed by atoms with E-state index in [9.17, 15) is 13.2 Å². The van der Waals surface area contributed by atoms with Crippen LogP contribution < -0.4 is 16.2 Å². The van der Waals surface area contributed by atoms with Gasteiger partial charge in [-0.1, -0.05) is 0 Å². The number of anilines is 1. The third-order valence-electron chi connectivity index (χ3n) is 2.14. The number of aromatic nitrogens is 2. The van der Waals surface area contributed by atoms with E-state index < -0.39 is 21.5 Å². The Morgan fingerprint density at radius 3 is 2.50 bits per heavy atom. The topological polar surface area (TPSA) is 133 Å². The SMILES string of the molecule is Cn1cc(S(=O)(=O)NC(C)(C)CC(N)=O)c(N)n1. The minimum atomic E-state index is -3.84. The Kier molecular flexibility index (Phi) is 3.67. The zero-order chi connectivity index (χ0) is 14.1. The summed E-state index contributed by atoms with van der Waals surface area (Å²) in [5.41, 5.74) is 9.57. The van der Waals surface area contributed by atoms with Gasteiger partial charge in [-0.3, -0.25) is 9.48 Å². The van der Waals surface area contributed by atoms with Crippen molar-refractivity contribution in [1.29, 1.82) is 0 Å². The van der Waals surface area contributed by atoms with E-state index in [1.807, 2.05) is 0 Å². The van der Waals surface area contributed by atoms with Crippen molar-refractivity contribution < 1.29 is 13.2 Å². The standard InChI is InChI=1S/C9H17N5O3S/c1-9(2,4-7(10)15)13-18(16,17)6-5-14(3)12-8(6)11/h5,13H,4H2,1-3H3,(H2,10,15)(H2,11,12). The van der Waals surface area contributed by atoms with Crippen LogP contribution in [-0.4, -0.2) is 29.6 Å². The van der Waals surface area contributed by atoms with Crippen LogP contribution in [0.3, 0.4) is 0 Å². The van der Waals surface area contributed by atoms with Gasteiger partial charge in [0.2, 0.25) is 15.9 Å². The van der Waals surface area contributed by atoms with Crippen LogP contribution >= 0.6 is 0 Å². The summed E-state index contributed by atoms with van der Waals surface area (Å²) < 4.78 is 27.8. The molecular formula is C9H17N5O3S. The van der Waals surface area contributed by atoms with E-state index in [0.29, 0.717) is 0 Å². The highest BCUT2D eigenvalue weighted by atomic mass is 32.2. The maximum atomic E-state index is 12.1. The Labute approximate surface area is 105 Å². The summed E-state index contributed by atoms with van der Waals surface area (Å²) in [5.74, 6) is -0.693. The van der Waals surface area contributed by atoms with Crippen LogP contribution in [0.15, 0.2) is 11.1 Å². The Bertz CT molecular complexity index is 561. The van der Waals surface area contributed by atoms with Gasteiger partial charge in [-0.05, 0) is 13.8 Å². The van der Waals surface area contributed by atoms with Gasteiger partial charge in [0.15, 0.2) is 5.82 Å². The molecule has 1 aromatic rings. The van der Waals surface area contributed by atoms with E-state index in [2.05, 4.69) is 9.82 Å². The average Bonchev–Trinajstić information content (AvgIpc) is 2.40. The number of aryl methyl sites for hydroxylation is 1. The molecule has 5 N–H and O–H groups in total. The lowest BCUT2D eigenvalue weighted by Crippen LogP contribution is -2.45. The number of nitrogens with two attached hydrogens (primary N) is 2. The first-order chi connectivity index (χ1) is 8.03. The smallest absolute Gasteiger partial charge is 0.246 e. The molecule has 1 amide bonds. The molecule has 1 aromatic heterocycles. The number of rotatable bonds is 5. The minimum absolute atomic E-state index is 0.0973. The number of amides is 1. The summed E-state index contributed by atoms with van der Waals surface area (Å²) in [6.07, 6.45) is 1.17. The molecule has 0 aliphatic heterocycles. The number of primary amides is 1. The van der Waals surface area contributed by atoms with Crippen LogP contribution in [-0.2, 0) is 21.9 Å². The minimum Gasteiger partial charge on any atom is -0.381 e. The fourth-order valence-electron chi connectivity index (χ4n) is 1.58. The molecule has 0 aromatic carbocycles. The molecule has 9 heteroatoms. The Morgan fingerprint density at radius 1 is 1.56 bits per heavy atom. The number of sulfonamides is 1. The Balaban J connectivity index is 3.02. The third kappa shape index (κ3) is 3.44. The first kappa shape index (κ1) is 14.5. The summed E-state index contributed by atoms with van der Waals surface area (Å²) in [6.45, 7) is 3.11. The molecule has 102 valence electrons. The molecule has 0 aliphatic carbocycles. The van der Waals surface area contributed by atoms with Crippen molar-refractivity contribution in [3.05, 3.63) is 6.20 Å². The fourth-order valence-corrected chi connectivity index (χ4v) is 3.10. The highest BCUT2D eigenvalue weighted by molar-refractivity contribution is 7.89. The van der Waals surface area contributed by atoms with Crippen LogP contribution in [0.25, 0.3) is 0 Å². The largest absolute Gasteiger partial charge is 0.381 e. The summed E-state index contributed by atoms with van der Waals surface area (Å²) in [4.78, 5) is 10.7. The summed E-state index contributed by atoms with van der Waals surface area (Å²) >= 11 is 0. The highest BCUT2D eigenvalue weighted by Crippen LogP contribution is 2.19. The number of carbonyl (C=O) groups is 1. The second-order valence-corrected chi connectivity index (χ2v) is 6.34. The number of hydrogen-bond donors (Lipinski definition) is 3. The zero-order valence-electron chi connectivity index (χ0n) is 10.5. The zero-order valence-corrected chi connectivity index (χ0v) is 11.3. The molecule has 0 radical (unpaired) electrons. The second-order valence-electron chi connectivity index (χ2n) is 4.68. The van der Waals surface area contributed by atoms with E-state index in [1.165, 1.54) is 10.9 Å². The van der Waals surface area contributed by atoms with Gasteiger partial charge in [0, 0.05) is 25.2 Å². The molecule has 18 heavy (non-hydrogen) atoms. The molecule has 0 atom stereocenters.